The molecule has 0 saturated heterocycles. The summed E-state index contributed by atoms with van der Waals surface area (Å²) in [6.45, 7) is 0. The second kappa shape index (κ2) is 10.9. The highest BCUT2D eigenvalue weighted by Gasteiger charge is 2.29. The maximum atomic E-state index is 4.42. The lowest BCUT2D eigenvalue weighted by atomic mass is 9.83. The molecule has 0 saturated carbocycles. The highest BCUT2D eigenvalue weighted by Crippen LogP contribution is 2.57. The van der Waals surface area contributed by atoms with E-state index >= 15 is 0 Å². The molecule has 4 nitrogen and oxygen atoms in total. The number of fused-ring (bicyclic) bond motifs is 13. The Morgan fingerprint density at radius 2 is 0.707 bits per heavy atom. The standard InChI is InChI=1S/C54H28N4/c1-5-29-7-3-11-41-49(29)37(9-1)45-27-43-35-15-18-40-44(36(35)16-17-39(43)51(53(41)45)33-13-19-47-31(25-33)21-23-55-57-47)28-46-38-10-2-6-30-8-4-12-42(50(30)38)54(46)52(40)34-14-20-48-32(26-34)22-24-56-58-48/h1-28H. The summed E-state index contributed by atoms with van der Waals surface area (Å²) in [7, 11) is 0. The van der Waals surface area contributed by atoms with E-state index in [9.17, 15) is 0 Å². The van der Waals surface area contributed by atoms with E-state index in [4.69, 9.17) is 0 Å². The zero-order valence-electron chi connectivity index (χ0n) is 31.0. The molecule has 264 valence electrons. The zero-order chi connectivity index (χ0) is 37.6. The highest BCUT2D eigenvalue weighted by molar-refractivity contribution is 6.30. The van der Waals surface area contributed by atoms with Crippen molar-refractivity contribution in [3.63, 3.8) is 0 Å². The minimum atomic E-state index is 0.894. The molecule has 10 aromatic carbocycles. The maximum Gasteiger partial charge on any atom is 0.0930 e. The summed E-state index contributed by atoms with van der Waals surface area (Å²) in [6, 6.07) is 58.8. The molecule has 0 unspecified atom stereocenters. The molecule has 14 rings (SSSR count). The highest BCUT2D eigenvalue weighted by atomic mass is 15.1. The van der Waals surface area contributed by atoms with Crippen LogP contribution in [-0.4, -0.2) is 20.4 Å². The van der Waals surface area contributed by atoms with Crippen molar-refractivity contribution in [1.29, 1.82) is 0 Å². The van der Waals surface area contributed by atoms with Crippen molar-refractivity contribution >= 4 is 75.7 Å². The van der Waals surface area contributed by atoms with Gasteiger partial charge in [0, 0.05) is 10.8 Å². The Morgan fingerprint density at radius 3 is 1.17 bits per heavy atom. The van der Waals surface area contributed by atoms with Gasteiger partial charge in [0.15, 0.2) is 0 Å². The van der Waals surface area contributed by atoms with Crippen molar-refractivity contribution < 1.29 is 0 Å². The van der Waals surface area contributed by atoms with Gasteiger partial charge in [0.25, 0.3) is 0 Å². The van der Waals surface area contributed by atoms with Crippen LogP contribution in [0, 0.1) is 0 Å². The average molecular weight is 733 g/mol. The third kappa shape index (κ3) is 3.88. The average Bonchev–Trinajstić information content (AvgIpc) is 3.78. The number of nitrogens with zero attached hydrogens (tertiary/aromatic N) is 4. The third-order valence-corrected chi connectivity index (χ3v) is 13.0. The Hall–Kier alpha value is -7.82. The van der Waals surface area contributed by atoms with Gasteiger partial charge in [0.2, 0.25) is 0 Å². The summed E-state index contributed by atoms with van der Waals surface area (Å²) >= 11 is 0. The van der Waals surface area contributed by atoms with Crippen LogP contribution >= 0.6 is 0 Å². The Labute approximate surface area is 331 Å². The first kappa shape index (κ1) is 30.4. The van der Waals surface area contributed by atoms with Gasteiger partial charge in [0.1, 0.15) is 0 Å². The van der Waals surface area contributed by atoms with Gasteiger partial charge >= 0.3 is 0 Å². The van der Waals surface area contributed by atoms with Crippen molar-refractivity contribution in [3.05, 3.63) is 170 Å². The fourth-order valence-corrected chi connectivity index (χ4v) is 10.6. The summed E-state index contributed by atoms with van der Waals surface area (Å²) in [6.07, 6.45) is 3.57. The fraction of sp³-hybridized carbons (Fsp3) is 0. The van der Waals surface area contributed by atoms with Crippen molar-refractivity contribution in [1.82, 2.24) is 20.4 Å². The molecule has 4 heteroatoms. The molecule has 0 bridgehead atoms. The maximum absolute atomic E-state index is 4.42. The van der Waals surface area contributed by atoms with Crippen molar-refractivity contribution in [3.8, 4) is 66.8 Å². The van der Waals surface area contributed by atoms with E-state index in [0.717, 1.165) is 21.8 Å². The van der Waals surface area contributed by atoms with Crippen LogP contribution in [0.2, 0.25) is 0 Å². The molecule has 0 atom stereocenters. The van der Waals surface area contributed by atoms with Crippen LogP contribution in [0.4, 0.5) is 0 Å². The summed E-state index contributed by atoms with van der Waals surface area (Å²) in [5, 5.41) is 32.0. The second-order valence-corrected chi connectivity index (χ2v) is 15.8. The molecule has 0 fully saturated rings. The predicted octanol–water partition coefficient (Wildman–Crippen LogP) is 14.0. The van der Waals surface area contributed by atoms with Crippen molar-refractivity contribution in [2.75, 3.05) is 0 Å². The van der Waals surface area contributed by atoms with Crippen LogP contribution in [0.1, 0.15) is 0 Å². The molecule has 2 aliphatic carbocycles. The quantitative estimate of drug-likeness (QED) is 0.166. The largest absolute Gasteiger partial charge is 0.159 e. The molecule has 58 heavy (non-hydrogen) atoms. The van der Waals surface area contributed by atoms with Gasteiger partial charge in [-0.05, 0) is 169 Å². The van der Waals surface area contributed by atoms with Gasteiger partial charge < -0.3 is 0 Å². The minimum absolute atomic E-state index is 0.894. The van der Waals surface area contributed by atoms with Gasteiger partial charge in [-0.3, -0.25) is 0 Å². The van der Waals surface area contributed by atoms with Crippen LogP contribution in [0.15, 0.2) is 170 Å². The number of aromatic nitrogens is 4. The van der Waals surface area contributed by atoms with Crippen LogP contribution in [0.25, 0.3) is 142 Å². The number of rotatable bonds is 2. The van der Waals surface area contributed by atoms with E-state index < -0.39 is 0 Å². The first-order valence-corrected chi connectivity index (χ1v) is 19.8. The lowest BCUT2D eigenvalue weighted by molar-refractivity contribution is 1.08. The third-order valence-electron chi connectivity index (χ3n) is 13.0. The van der Waals surface area contributed by atoms with Crippen LogP contribution in [0.5, 0.6) is 0 Å². The summed E-state index contributed by atoms with van der Waals surface area (Å²) < 4.78 is 0. The molecule has 0 N–H and O–H groups in total. The lowest BCUT2D eigenvalue weighted by Crippen LogP contribution is -1.93. The Morgan fingerprint density at radius 1 is 0.276 bits per heavy atom. The molecule has 0 aliphatic heterocycles. The normalized spacial score (nSPS) is 12.5. The molecular formula is C54H28N4. The van der Waals surface area contributed by atoms with Crippen molar-refractivity contribution in [2.45, 2.75) is 0 Å². The molecule has 2 aromatic heterocycles. The van der Waals surface area contributed by atoms with E-state index in [1.165, 1.54) is 121 Å². The summed E-state index contributed by atoms with van der Waals surface area (Å²) in [4.78, 5) is 0. The van der Waals surface area contributed by atoms with E-state index in [0.29, 0.717) is 0 Å². The SMILES string of the molecule is c1cc2c3c(cccc3c1)-c1c-2cc2c(ccc3c4cc5c(c(-c6ccc7nnccc7c6)c4ccc23)-c2cccc3cccc-5c23)c1-c1ccc2nnccc2c1. The molecule has 2 aliphatic rings. The Balaban J connectivity index is 1.13. The molecule has 0 radical (unpaired) electrons. The fourth-order valence-electron chi connectivity index (χ4n) is 10.6. The van der Waals surface area contributed by atoms with Gasteiger partial charge in [-0.2, -0.15) is 20.4 Å². The van der Waals surface area contributed by atoms with Crippen LogP contribution in [-0.2, 0) is 0 Å². The topological polar surface area (TPSA) is 51.6 Å². The van der Waals surface area contributed by atoms with Crippen molar-refractivity contribution in [2.24, 2.45) is 0 Å². The number of hydrogen-bond acceptors (Lipinski definition) is 4. The van der Waals surface area contributed by atoms with Crippen LogP contribution in [0.3, 0.4) is 0 Å². The van der Waals surface area contributed by atoms with Gasteiger partial charge in [-0.1, -0.05) is 109 Å². The Kier molecular flexibility index (Phi) is 5.73. The molecule has 0 spiro atoms. The molecule has 2 heterocycles. The van der Waals surface area contributed by atoms with Gasteiger partial charge in [0.05, 0.1) is 23.4 Å². The molecule has 0 amide bonds. The predicted molar refractivity (Wildman–Crippen MR) is 240 cm³/mol. The van der Waals surface area contributed by atoms with E-state index in [1.807, 2.05) is 0 Å². The zero-order valence-corrected chi connectivity index (χ0v) is 31.0. The van der Waals surface area contributed by atoms with Crippen LogP contribution < -0.4 is 0 Å². The van der Waals surface area contributed by atoms with E-state index in [-0.39, 0.29) is 0 Å². The van der Waals surface area contributed by atoms with E-state index in [2.05, 4.69) is 178 Å². The minimum Gasteiger partial charge on any atom is -0.159 e. The second-order valence-electron chi connectivity index (χ2n) is 15.8. The monoisotopic (exact) mass is 732 g/mol. The molecule has 12 aromatic rings. The lowest BCUT2D eigenvalue weighted by Gasteiger charge is -2.19. The first-order valence-electron chi connectivity index (χ1n) is 19.8. The van der Waals surface area contributed by atoms with Gasteiger partial charge in [-0.15, -0.1) is 0 Å². The summed E-state index contributed by atoms with van der Waals surface area (Å²) in [5.74, 6) is 0. The number of hydrogen-bond donors (Lipinski definition) is 0. The Bertz CT molecular complexity index is 3600. The van der Waals surface area contributed by atoms with Gasteiger partial charge in [-0.25, -0.2) is 0 Å². The molecular weight excluding hydrogens is 705 g/mol. The van der Waals surface area contributed by atoms with E-state index in [1.54, 1.807) is 12.4 Å². The number of benzene rings is 10. The summed E-state index contributed by atoms with van der Waals surface area (Å²) in [5.41, 5.74) is 17.0. The first-order chi connectivity index (χ1) is 28.8. The smallest absolute Gasteiger partial charge is 0.0930 e.